The molecule has 1 saturated heterocycles. The molecule has 0 atom stereocenters. The van der Waals surface area contributed by atoms with Crippen molar-refractivity contribution in [3.63, 3.8) is 0 Å². The Balaban J connectivity index is 0.00000162. The molecule has 1 aromatic carbocycles. The molecule has 2 rings (SSSR count). The second-order valence-corrected chi connectivity index (χ2v) is 4.19. The number of hydrogen-bond donors (Lipinski definition) is 2. The number of carbonyl (C=O) groups excluding carboxylic acids is 1. The van der Waals surface area contributed by atoms with Gasteiger partial charge in [-0.15, -0.1) is 12.4 Å². The number of hydrogen-bond acceptors (Lipinski definition) is 4. The van der Waals surface area contributed by atoms with Crippen LogP contribution in [0.15, 0.2) is 24.3 Å². The van der Waals surface area contributed by atoms with Gasteiger partial charge in [-0.2, -0.15) is 0 Å². The molecule has 1 aliphatic heterocycles. The number of ether oxygens (including phenoxy) is 1. The largest absolute Gasteiger partial charge is 0.490 e. The molecule has 0 aromatic heterocycles. The lowest BCUT2D eigenvalue weighted by Crippen LogP contribution is -2.34. The molecule has 100 valence electrons. The summed E-state index contributed by atoms with van der Waals surface area (Å²) in [5.74, 6) is 0.587. The fourth-order valence-electron chi connectivity index (χ4n) is 2.00. The van der Waals surface area contributed by atoms with E-state index in [-0.39, 0.29) is 30.8 Å². The highest BCUT2D eigenvalue weighted by atomic mass is 35.5. The van der Waals surface area contributed by atoms with E-state index in [1.807, 2.05) is 18.2 Å². The van der Waals surface area contributed by atoms with Crippen molar-refractivity contribution in [2.75, 3.05) is 19.6 Å². The SMILES string of the molecule is Cl.NCC(=O)c1ccccc1OC1CCNCC1. The zero-order chi connectivity index (χ0) is 12.1. The Morgan fingerprint density at radius 2 is 2.00 bits per heavy atom. The van der Waals surface area contributed by atoms with Gasteiger partial charge in [0.15, 0.2) is 5.78 Å². The molecule has 4 nitrogen and oxygen atoms in total. The van der Waals surface area contributed by atoms with Crippen molar-refractivity contribution < 1.29 is 9.53 Å². The summed E-state index contributed by atoms with van der Waals surface area (Å²) in [6.07, 6.45) is 2.15. The van der Waals surface area contributed by atoms with Gasteiger partial charge in [-0.25, -0.2) is 0 Å². The molecule has 0 aliphatic carbocycles. The normalized spacial score (nSPS) is 15.8. The minimum atomic E-state index is -0.0745. The third kappa shape index (κ3) is 3.70. The molecular weight excluding hydrogens is 252 g/mol. The van der Waals surface area contributed by atoms with Gasteiger partial charge in [0.2, 0.25) is 0 Å². The third-order valence-corrected chi connectivity index (χ3v) is 2.95. The van der Waals surface area contributed by atoms with Gasteiger partial charge < -0.3 is 15.8 Å². The molecule has 1 heterocycles. The minimum Gasteiger partial charge on any atom is -0.490 e. The molecule has 1 aliphatic rings. The topological polar surface area (TPSA) is 64.4 Å². The number of ketones is 1. The summed E-state index contributed by atoms with van der Waals surface area (Å²) >= 11 is 0. The highest BCUT2D eigenvalue weighted by Crippen LogP contribution is 2.22. The van der Waals surface area contributed by atoms with E-state index in [2.05, 4.69) is 5.32 Å². The Labute approximate surface area is 113 Å². The summed E-state index contributed by atoms with van der Waals surface area (Å²) < 4.78 is 5.89. The van der Waals surface area contributed by atoms with Gasteiger partial charge in [0.1, 0.15) is 11.9 Å². The second-order valence-electron chi connectivity index (χ2n) is 4.19. The van der Waals surface area contributed by atoms with Crippen LogP contribution in [-0.2, 0) is 0 Å². The molecule has 3 N–H and O–H groups in total. The van der Waals surface area contributed by atoms with Crippen molar-refractivity contribution in [3.8, 4) is 5.75 Å². The molecule has 1 aromatic rings. The summed E-state index contributed by atoms with van der Waals surface area (Å²) in [5.41, 5.74) is 5.98. The van der Waals surface area contributed by atoms with Gasteiger partial charge in [0.25, 0.3) is 0 Å². The van der Waals surface area contributed by atoms with E-state index < -0.39 is 0 Å². The van der Waals surface area contributed by atoms with Crippen LogP contribution in [0.1, 0.15) is 23.2 Å². The molecule has 1 fully saturated rings. The summed E-state index contributed by atoms with van der Waals surface area (Å²) in [7, 11) is 0. The zero-order valence-electron chi connectivity index (χ0n) is 10.2. The average molecular weight is 271 g/mol. The van der Waals surface area contributed by atoms with Crippen LogP contribution in [-0.4, -0.2) is 31.5 Å². The number of piperidine rings is 1. The quantitative estimate of drug-likeness (QED) is 0.812. The van der Waals surface area contributed by atoms with Crippen molar-refractivity contribution in [2.45, 2.75) is 18.9 Å². The summed E-state index contributed by atoms with van der Waals surface area (Å²) in [6.45, 7) is 1.96. The number of benzene rings is 1. The van der Waals surface area contributed by atoms with Crippen LogP contribution < -0.4 is 15.8 Å². The zero-order valence-corrected chi connectivity index (χ0v) is 11.0. The van der Waals surface area contributed by atoms with E-state index in [0.29, 0.717) is 11.3 Å². The molecule has 0 saturated carbocycles. The van der Waals surface area contributed by atoms with Crippen LogP contribution in [0.5, 0.6) is 5.75 Å². The predicted octanol–water partition coefficient (Wildman–Crippen LogP) is 1.38. The first-order chi connectivity index (χ1) is 8.31. The summed E-state index contributed by atoms with van der Waals surface area (Å²) in [6, 6.07) is 7.32. The van der Waals surface area contributed by atoms with E-state index in [1.165, 1.54) is 0 Å². The van der Waals surface area contributed by atoms with E-state index >= 15 is 0 Å². The Bertz CT molecular complexity index is 392. The fourth-order valence-corrected chi connectivity index (χ4v) is 2.00. The van der Waals surface area contributed by atoms with Crippen molar-refractivity contribution in [2.24, 2.45) is 5.73 Å². The van der Waals surface area contributed by atoms with Crippen molar-refractivity contribution in [1.82, 2.24) is 5.32 Å². The van der Waals surface area contributed by atoms with E-state index in [0.717, 1.165) is 25.9 Å². The first-order valence-electron chi connectivity index (χ1n) is 6.01. The number of nitrogens with one attached hydrogen (secondary N) is 1. The van der Waals surface area contributed by atoms with Gasteiger partial charge >= 0.3 is 0 Å². The van der Waals surface area contributed by atoms with Crippen LogP contribution in [0, 0.1) is 0 Å². The maximum absolute atomic E-state index is 11.7. The Kier molecular flexibility index (Phi) is 6.12. The molecule has 0 radical (unpaired) electrons. The lowest BCUT2D eigenvalue weighted by molar-refractivity contribution is 0.0990. The smallest absolute Gasteiger partial charge is 0.180 e. The average Bonchev–Trinajstić information content (AvgIpc) is 2.40. The molecule has 0 bridgehead atoms. The van der Waals surface area contributed by atoms with E-state index in [1.54, 1.807) is 6.07 Å². The van der Waals surface area contributed by atoms with Gasteiger partial charge in [0.05, 0.1) is 12.1 Å². The van der Waals surface area contributed by atoms with Crippen LogP contribution in [0.3, 0.4) is 0 Å². The number of rotatable bonds is 4. The predicted molar refractivity (Wildman–Crippen MR) is 73.6 cm³/mol. The Hall–Kier alpha value is -1.10. The van der Waals surface area contributed by atoms with Crippen LogP contribution >= 0.6 is 12.4 Å². The maximum atomic E-state index is 11.7. The monoisotopic (exact) mass is 270 g/mol. The number of nitrogens with two attached hydrogens (primary N) is 1. The molecule has 0 amide bonds. The molecule has 0 unspecified atom stereocenters. The van der Waals surface area contributed by atoms with Gasteiger partial charge in [-0.1, -0.05) is 12.1 Å². The number of Topliss-reactive ketones (excluding diaryl/α,β-unsaturated/α-hetero) is 1. The number of para-hydroxylation sites is 1. The van der Waals surface area contributed by atoms with Gasteiger partial charge in [0, 0.05) is 0 Å². The van der Waals surface area contributed by atoms with Gasteiger partial charge in [-0.05, 0) is 38.1 Å². The third-order valence-electron chi connectivity index (χ3n) is 2.95. The van der Waals surface area contributed by atoms with E-state index in [9.17, 15) is 4.79 Å². The Morgan fingerprint density at radius 3 is 2.67 bits per heavy atom. The number of halogens is 1. The lowest BCUT2D eigenvalue weighted by Gasteiger charge is -2.24. The fraction of sp³-hybridized carbons (Fsp3) is 0.462. The van der Waals surface area contributed by atoms with Crippen LogP contribution in [0.4, 0.5) is 0 Å². The minimum absolute atomic E-state index is 0. The highest BCUT2D eigenvalue weighted by Gasteiger charge is 2.17. The van der Waals surface area contributed by atoms with Gasteiger partial charge in [-0.3, -0.25) is 4.79 Å². The first-order valence-corrected chi connectivity index (χ1v) is 6.01. The molecular formula is C13H19ClN2O2. The van der Waals surface area contributed by atoms with Crippen molar-refractivity contribution in [1.29, 1.82) is 0 Å². The maximum Gasteiger partial charge on any atom is 0.180 e. The number of carbonyl (C=O) groups is 1. The highest BCUT2D eigenvalue weighted by molar-refractivity contribution is 5.99. The molecule has 18 heavy (non-hydrogen) atoms. The van der Waals surface area contributed by atoms with Crippen molar-refractivity contribution >= 4 is 18.2 Å². The van der Waals surface area contributed by atoms with E-state index in [4.69, 9.17) is 10.5 Å². The van der Waals surface area contributed by atoms with Crippen LogP contribution in [0.2, 0.25) is 0 Å². The summed E-state index contributed by atoms with van der Waals surface area (Å²) in [5, 5.41) is 3.28. The summed E-state index contributed by atoms with van der Waals surface area (Å²) in [4.78, 5) is 11.7. The lowest BCUT2D eigenvalue weighted by atomic mass is 10.1. The molecule has 5 heteroatoms. The van der Waals surface area contributed by atoms with Crippen molar-refractivity contribution in [3.05, 3.63) is 29.8 Å². The second kappa shape index (κ2) is 7.36. The molecule has 0 spiro atoms. The standard InChI is InChI=1S/C13H18N2O2.ClH/c14-9-12(16)11-3-1-2-4-13(11)17-10-5-7-15-8-6-10;/h1-4,10,15H,5-9,14H2;1H. The van der Waals surface area contributed by atoms with Crippen LogP contribution in [0.25, 0.3) is 0 Å². The Morgan fingerprint density at radius 1 is 1.33 bits per heavy atom. The first kappa shape index (κ1) is 15.0.